The normalized spacial score (nSPS) is 13.4. The first kappa shape index (κ1) is 16.3. The van der Waals surface area contributed by atoms with Crippen LogP contribution in [0.3, 0.4) is 0 Å². The van der Waals surface area contributed by atoms with Crippen molar-refractivity contribution in [2.24, 2.45) is 0 Å². The van der Waals surface area contributed by atoms with Gasteiger partial charge in [0, 0.05) is 11.5 Å². The minimum atomic E-state index is -0.560. The van der Waals surface area contributed by atoms with Crippen molar-refractivity contribution in [2.75, 3.05) is 5.32 Å². The third-order valence-corrected chi connectivity index (χ3v) is 4.32. The van der Waals surface area contributed by atoms with E-state index in [1.807, 2.05) is 30.3 Å². The highest BCUT2D eigenvalue weighted by molar-refractivity contribution is 5.91. The van der Waals surface area contributed by atoms with Crippen LogP contribution in [0.5, 0.6) is 0 Å². The van der Waals surface area contributed by atoms with E-state index >= 15 is 0 Å². The van der Waals surface area contributed by atoms with E-state index < -0.39 is 6.09 Å². The van der Waals surface area contributed by atoms with Gasteiger partial charge in [0.15, 0.2) is 0 Å². The van der Waals surface area contributed by atoms with Crippen molar-refractivity contribution < 1.29 is 13.9 Å². The monoisotopic (exact) mass is 351 g/mol. The summed E-state index contributed by atoms with van der Waals surface area (Å²) in [5, 5.41) is 10.1. The third kappa shape index (κ3) is 3.59. The molecule has 1 aliphatic carbocycles. The van der Waals surface area contributed by atoms with Crippen molar-refractivity contribution in [3.8, 4) is 11.3 Å². The SMILES string of the molecule is O=C(Nc1c(-c2cccc(F)c2)n[nH]c1C1CC1)OCc1ccccc1. The molecule has 1 amide bonds. The number of nitrogens with one attached hydrogen (secondary N) is 2. The summed E-state index contributed by atoms with van der Waals surface area (Å²) in [7, 11) is 0. The molecule has 0 unspecified atom stereocenters. The van der Waals surface area contributed by atoms with E-state index in [9.17, 15) is 9.18 Å². The van der Waals surface area contributed by atoms with Crippen LogP contribution < -0.4 is 5.32 Å². The zero-order valence-corrected chi connectivity index (χ0v) is 14.0. The van der Waals surface area contributed by atoms with E-state index in [1.165, 1.54) is 12.1 Å². The van der Waals surface area contributed by atoms with Crippen LogP contribution in [0.2, 0.25) is 0 Å². The number of carbonyl (C=O) groups is 1. The lowest BCUT2D eigenvalue weighted by atomic mass is 10.1. The van der Waals surface area contributed by atoms with Gasteiger partial charge in [0.2, 0.25) is 0 Å². The molecule has 0 atom stereocenters. The van der Waals surface area contributed by atoms with Crippen molar-refractivity contribution in [2.45, 2.75) is 25.4 Å². The molecule has 1 aliphatic rings. The highest BCUT2D eigenvalue weighted by atomic mass is 19.1. The molecule has 1 saturated carbocycles. The summed E-state index contributed by atoms with van der Waals surface area (Å²) in [6.07, 6.45) is 1.52. The first-order valence-electron chi connectivity index (χ1n) is 8.52. The molecule has 132 valence electrons. The minimum Gasteiger partial charge on any atom is -0.444 e. The number of ether oxygens (including phenoxy) is 1. The fourth-order valence-electron chi connectivity index (χ4n) is 2.86. The van der Waals surface area contributed by atoms with Crippen LogP contribution in [0.1, 0.15) is 30.0 Å². The van der Waals surface area contributed by atoms with Gasteiger partial charge in [-0.05, 0) is 30.5 Å². The predicted octanol–water partition coefficient (Wildman–Crippen LogP) is 4.84. The first-order chi connectivity index (χ1) is 12.7. The number of H-pyrrole nitrogens is 1. The van der Waals surface area contributed by atoms with E-state index in [0.717, 1.165) is 24.1 Å². The largest absolute Gasteiger partial charge is 0.444 e. The van der Waals surface area contributed by atoms with Crippen LogP contribution in [0.25, 0.3) is 11.3 Å². The maximum Gasteiger partial charge on any atom is 0.412 e. The summed E-state index contributed by atoms with van der Waals surface area (Å²) in [4.78, 5) is 12.3. The van der Waals surface area contributed by atoms with Gasteiger partial charge in [0.05, 0.1) is 11.4 Å². The molecule has 0 saturated heterocycles. The van der Waals surface area contributed by atoms with Crippen LogP contribution in [0.4, 0.5) is 14.9 Å². The molecule has 0 radical (unpaired) electrons. The molecular formula is C20H18FN3O2. The Balaban J connectivity index is 1.54. The Morgan fingerprint density at radius 2 is 2.00 bits per heavy atom. The molecule has 1 fully saturated rings. The second kappa shape index (κ2) is 7.00. The molecular weight excluding hydrogens is 333 g/mol. The number of benzene rings is 2. The molecule has 2 aromatic carbocycles. The summed E-state index contributed by atoms with van der Waals surface area (Å²) in [5.41, 5.74) is 3.45. The van der Waals surface area contributed by atoms with Crippen LogP contribution in [-0.2, 0) is 11.3 Å². The summed E-state index contributed by atoms with van der Waals surface area (Å²) in [5.74, 6) is -0.00897. The second-order valence-corrected chi connectivity index (χ2v) is 6.33. The van der Waals surface area contributed by atoms with E-state index in [1.54, 1.807) is 12.1 Å². The van der Waals surface area contributed by atoms with Gasteiger partial charge in [-0.2, -0.15) is 5.10 Å². The standard InChI is InChI=1S/C20H18FN3O2/c21-16-8-4-7-15(11-16)18-19(17(23-24-18)14-9-10-14)22-20(25)26-12-13-5-2-1-3-6-13/h1-8,11,14H,9-10,12H2,(H,22,25)(H,23,24). The van der Waals surface area contributed by atoms with Crippen LogP contribution in [-0.4, -0.2) is 16.3 Å². The zero-order chi connectivity index (χ0) is 17.9. The maximum absolute atomic E-state index is 13.6. The topological polar surface area (TPSA) is 67.0 Å². The van der Waals surface area contributed by atoms with E-state index in [0.29, 0.717) is 22.9 Å². The molecule has 0 aliphatic heterocycles. The summed E-state index contributed by atoms with van der Waals surface area (Å²) < 4.78 is 18.9. The lowest BCUT2D eigenvalue weighted by molar-refractivity contribution is 0.155. The highest BCUT2D eigenvalue weighted by Gasteiger charge is 2.31. The minimum absolute atomic E-state index is 0.179. The number of hydrogen-bond acceptors (Lipinski definition) is 3. The predicted molar refractivity (Wildman–Crippen MR) is 96.2 cm³/mol. The molecule has 26 heavy (non-hydrogen) atoms. The maximum atomic E-state index is 13.6. The Kier molecular flexibility index (Phi) is 4.39. The van der Waals surface area contributed by atoms with Gasteiger partial charge in [-0.3, -0.25) is 10.4 Å². The van der Waals surface area contributed by atoms with Gasteiger partial charge < -0.3 is 4.74 Å². The fraction of sp³-hybridized carbons (Fsp3) is 0.200. The lowest BCUT2D eigenvalue weighted by Crippen LogP contribution is -2.14. The van der Waals surface area contributed by atoms with Gasteiger partial charge in [-0.15, -0.1) is 0 Å². The van der Waals surface area contributed by atoms with Gasteiger partial charge >= 0.3 is 6.09 Å². The number of anilines is 1. The summed E-state index contributed by atoms with van der Waals surface area (Å²) >= 11 is 0. The number of halogens is 1. The highest BCUT2D eigenvalue weighted by Crippen LogP contribution is 2.45. The second-order valence-electron chi connectivity index (χ2n) is 6.33. The first-order valence-corrected chi connectivity index (χ1v) is 8.52. The van der Waals surface area contributed by atoms with Gasteiger partial charge in [-0.25, -0.2) is 9.18 Å². The molecule has 0 bridgehead atoms. The Morgan fingerprint density at radius 3 is 2.73 bits per heavy atom. The number of amides is 1. The molecule has 1 heterocycles. The molecule has 4 rings (SSSR count). The Morgan fingerprint density at radius 1 is 1.19 bits per heavy atom. The summed E-state index contributed by atoms with van der Waals surface area (Å²) in [6.45, 7) is 0.179. The lowest BCUT2D eigenvalue weighted by Gasteiger charge is -2.09. The quantitative estimate of drug-likeness (QED) is 0.691. The number of hydrogen-bond donors (Lipinski definition) is 2. The van der Waals surface area contributed by atoms with Crippen molar-refractivity contribution in [1.29, 1.82) is 0 Å². The van der Waals surface area contributed by atoms with Crippen molar-refractivity contribution in [3.63, 3.8) is 0 Å². The number of carbonyl (C=O) groups excluding carboxylic acids is 1. The average Bonchev–Trinajstić information content (AvgIpc) is 3.42. The smallest absolute Gasteiger partial charge is 0.412 e. The van der Waals surface area contributed by atoms with E-state index in [2.05, 4.69) is 15.5 Å². The van der Waals surface area contributed by atoms with Crippen molar-refractivity contribution in [1.82, 2.24) is 10.2 Å². The molecule has 5 nitrogen and oxygen atoms in total. The molecule has 0 spiro atoms. The number of aromatic nitrogens is 2. The van der Waals surface area contributed by atoms with Crippen LogP contribution in [0, 0.1) is 5.82 Å². The Bertz CT molecular complexity index is 920. The number of nitrogens with zero attached hydrogens (tertiary/aromatic N) is 1. The van der Waals surface area contributed by atoms with Crippen molar-refractivity contribution >= 4 is 11.8 Å². The zero-order valence-electron chi connectivity index (χ0n) is 14.0. The fourth-order valence-corrected chi connectivity index (χ4v) is 2.86. The van der Waals surface area contributed by atoms with Crippen LogP contribution >= 0.6 is 0 Å². The molecule has 3 aromatic rings. The van der Waals surface area contributed by atoms with Crippen LogP contribution in [0.15, 0.2) is 54.6 Å². The van der Waals surface area contributed by atoms with E-state index in [-0.39, 0.29) is 12.4 Å². The van der Waals surface area contributed by atoms with E-state index in [4.69, 9.17) is 4.74 Å². The summed E-state index contributed by atoms with van der Waals surface area (Å²) in [6, 6.07) is 15.6. The number of aromatic amines is 1. The van der Waals surface area contributed by atoms with Gasteiger partial charge in [0.25, 0.3) is 0 Å². The van der Waals surface area contributed by atoms with Gasteiger partial charge in [-0.1, -0.05) is 42.5 Å². The third-order valence-electron chi connectivity index (χ3n) is 4.32. The average molecular weight is 351 g/mol. The van der Waals surface area contributed by atoms with Crippen molar-refractivity contribution in [3.05, 3.63) is 71.7 Å². The van der Waals surface area contributed by atoms with Gasteiger partial charge in [0.1, 0.15) is 18.1 Å². The molecule has 2 N–H and O–H groups in total. The Labute approximate surface area is 150 Å². The molecule has 6 heteroatoms. The molecule has 1 aromatic heterocycles. The number of rotatable bonds is 5. The Hall–Kier alpha value is -3.15.